The van der Waals surface area contributed by atoms with E-state index in [0.717, 1.165) is 12.6 Å². The summed E-state index contributed by atoms with van der Waals surface area (Å²) in [6.45, 7) is 3.21. The first-order valence-corrected chi connectivity index (χ1v) is 6.37. The van der Waals surface area contributed by atoms with Crippen LogP contribution in [-0.2, 0) is 6.54 Å². The van der Waals surface area contributed by atoms with Gasteiger partial charge in [0.15, 0.2) is 0 Å². The number of hydrogen-bond donors (Lipinski definition) is 1. The standard InChI is InChI=1S/C12H17NS/c1-10-4-2-3-5-11(10)8-13-12-6-7-14-9-12/h2-5,12-13H,6-9H2,1H3. The zero-order valence-electron chi connectivity index (χ0n) is 8.62. The van der Waals surface area contributed by atoms with E-state index < -0.39 is 0 Å². The molecule has 1 unspecified atom stereocenters. The van der Waals surface area contributed by atoms with E-state index in [1.54, 1.807) is 0 Å². The van der Waals surface area contributed by atoms with Gasteiger partial charge >= 0.3 is 0 Å². The summed E-state index contributed by atoms with van der Waals surface area (Å²) in [5.74, 6) is 2.61. The Labute approximate surface area is 90.3 Å². The Balaban J connectivity index is 1.88. The fraction of sp³-hybridized carbons (Fsp3) is 0.500. The maximum Gasteiger partial charge on any atom is 0.0211 e. The molecule has 2 rings (SSSR count). The summed E-state index contributed by atoms with van der Waals surface area (Å²) >= 11 is 2.06. The molecule has 1 nitrogen and oxygen atoms in total. The number of aryl methyl sites for hydroxylation is 1. The van der Waals surface area contributed by atoms with Crippen LogP contribution in [0, 0.1) is 6.92 Å². The molecule has 1 aliphatic rings. The van der Waals surface area contributed by atoms with Crippen molar-refractivity contribution in [2.24, 2.45) is 0 Å². The summed E-state index contributed by atoms with van der Waals surface area (Å²) in [5, 5.41) is 3.62. The summed E-state index contributed by atoms with van der Waals surface area (Å²) in [6.07, 6.45) is 1.33. The fourth-order valence-electron chi connectivity index (χ4n) is 1.76. The minimum absolute atomic E-state index is 0.736. The molecule has 0 spiro atoms. The van der Waals surface area contributed by atoms with Crippen LogP contribution >= 0.6 is 11.8 Å². The van der Waals surface area contributed by atoms with E-state index in [2.05, 4.69) is 48.3 Å². The number of rotatable bonds is 3. The number of nitrogens with one attached hydrogen (secondary N) is 1. The maximum absolute atomic E-state index is 3.62. The Bertz CT molecular complexity index is 292. The normalized spacial score (nSPS) is 21.4. The average Bonchev–Trinajstić information content (AvgIpc) is 2.69. The van der Waals surface area contributed by atoms with Gasteiger partial charge in [0.05, 0.1) is 0 Å². The second kappa shape index (κ2) is 4.85. The Kier molecular flexibility index (Phi) is 3.49. The summed E-state index contributed by atoms with van der Waals surface area (Å²) in [6, 6.07) is 9.35. The van der Waals surface area contributed by atoms with E-state index in [0.29, 0.717) is 0 Å². The molecule has 1 aromatic carbocycles. The Hall–Kier alpha value is -0.470. The predicted octanol–water partition coefficient (Wildman–Crippen LogP) is 2.59. The number of thioether (sulfide) groups is 1. The highest BCUT2D eigenvalue weighted by Crippen LogP contribution is 2.17. The highest BCUT2D eigenvalue weighted by molar-refractivity contribution is 7.99. The van der Waals surface area contributed by atoms with Gasteiger partial charge in [0.25, 0.3) is 0 Å². The molecule has 0 amide bonds. The van der Waals surface area contributed by atoms with Crippen LogP contribution < -0.4 is 5.32 Å². The predicted molar refractivity (Wildman–Crippen MR) is 63.7 cm³/mol. The molecule has 14 heavy (non-hydrogen) atoms. The van der Waals surface area contributed by atoms with Crippen LogP contribution in [0.25, 0.3) is 0 Å². The zero-order chi connectivity index (χ0) is 9.80. The summed E-state index contributed by atoms with van der Waals surface area (Å²) in [7, 11) is 0. The van der Waals surface area contributed by atoms with Gasteiger partial charge < -0.3 is 5.32 Å². The molecule has 0 aliphatic carbocycles. The summed E-state index contributed by atoms with van der Waals surface area (Å²) in [4.78, 5) is 0. The van der Waals surface area contributed by atoms with Crippen molar-refractivity contribution in [1.82, 2.24) is 5.32 Å². The van der Waals surface area contributed by atoms with Gasteiger partial charge in [-0.15, -0.1) is 0 Å². The van der Waals surface area contributed by atoms with E-state index in [1.807, 2.05) is 0 Å². The van der Waals surface area contributed by atoms with E-state index >= 15 is 0 Å². The smallest absolute Gasteiger partial charge is 0.0211 e. The van der Waals surface area contributed by atoms with Crippen molar-refractivity contribution in [1.29, 1.82) is 0 Å². The lowest BCUT2D eigenvalue weighted by molar-refractivity contribution is 0.557. The molecule has 1 aliphatic heterocycles. The summed E-state index contributed by atoms with van der Waals surface area (Å²) in [5.41, 5.74) is 2.83. The van der Waals surface area contributed by atoms with Crippen molar-refractivity contribution in [3.05, 3.63) is 35.4 Å². The highest BCUT2D eigenvalue weighted by atomic mass is 32.2. The van der Waals surface area contributed by atoms with Gasteiger partial charge in [0, 0.05) is 18.3 Å². The molecule has 1 atom stereocenters. The summed E-state index contributed by atoms with van der Waals surface area (Å²) < 4.78 is 0. The van der Waals surface area contributed by atoms with Crippen LogP contribution in [0.3, 0.4) is 0 Å². The van der Waals surface area contributed by atoms with Crippen molar-refractivity contribution in [3.8, 4) is 0 Å². The lowest BCUT2D eigenvalue weighted by atomic mass is 10.1. The quantitative estimate of drug-likeness (QED) is 0.817. The van der Waals surface area contributed by atoms with E-state index in [1.165, 1.54) is 29.1 Å². The van der Waals surface area contributed by atoms with Crippen LogP contribution in [-0.4, -0.2) is 17.5 Å². The van der Waals surface area contributed by atoms with Gasteiger partial charge in [-0.05, 0) is 30.2 Å². The third-order valence-corrected chi connectivity index (χ3v) is 3.93. The molecular formula is C12H17NS. The minimum atomic E-state index is 0.736. The van der Waals surface area contributed by atoms with Gasteiger partial charge in [0.2, 0.25) is 0 Å². The lowest BCUT2D eigenvalue weighted by Gasteiger charge is -2.12. The van der Waals surface area contributed by atoms with Gasteiger partial charge in [-0.3, -0.25) is 0 Å². The lowest BCUT2D eigenvalue weighted by Crippen LogP contribution is -2.28. The molecule has 1 saturated heterocycles. The van der Waals surface area contributed by atoms with Crippen LogP contribution in [0.4, 0.5) is 0 Å². The topological polar surface area (TPSA) is 12.0 Å². The Morgan fingerprint density at radius 3 is 3.00 bits per heavy atom. The molecule has 2 heteroatoms. The number of benzene rings is 1. The van der Waals surface area contributed by atoms with Gasteiger partial charge in [-0.25, -0.2) is 0 Å². The van der Waals surface area contributed by atoms with Crippen LogP contribution in [0.5, 0.6) is 0 Å². The number of hydrogen-bond acceptors (Lipinski definition) is 2. The van der Waals surface area contributed by atoms with Crippen molar-refractivity contribution >= 4 is 11.8 Å². The second-order valence-electron chi connectivity index (χ2n) is 3.87. The van der Waals surface area contributed by atoms with E-state index in [-0.39, 0.29) is 0 Å². The van der Waals surface area contributed by atoms with Gasteiger partial charge in [-0.1, -0.05) is 24.3 Å². The van der Waals surface area contributed by atoms with E-state index in [4.69, 9.17) is 0 Å². The Morgan fingerprint density at radius 2 is 2.29 bits per heavy atom. The van der Waals surface area contributed by atoms with Gasteiger partial charge in [0.1, 0.15) is 0 Å². The third kappa shape index (κ3) is 2.52. The van der Waals surface area contributed by atoms with Crippen LogP contribution in [0.15, 0.2) is 24.3 Å². The molecule has 1 aromatic rings. The van der Waals surface area contributed by atoms with Crippen LogP contribution in [0.1, 0.15) is 17.5 Å². The van der Waals surface area contributed by atoms with Crippen molar-refractivity contribution in [2.45, 2.75) is 25.9 Å². The van der Waals surface area contributed by atoms with Crippen LogP contribution in [0.2, 0.25) is 0 Å². The first-order valence-electron chi connectivity index (χ1n) is 5.22. The first kappa shape index (κ1) is 10.1. The largest absolute Gasteiger partial charge is 0.309 e. The molecule has 0 aromatic heterocycles. The van der Waals surface area contributed by atoms with Gasteiger partial charge in [-0.2, -0.15) is 11.8 Å². The highest BCUT2D eigenvalue weighted by Gasteiger charge is 2.14. The molecule has 1 fully saturated rings. The molecule has 0 saturated carbocycles. The second-order valence-corrected chi connectivity index (χ2v) is 5.02. The zero-order valence-corrected chi connectivity index (χ0v) is 9.44. The van der Waals surface area contributed by atoms with E-state index in [9.17, 15) is 0 Å². The van der Waals surface area contributed by atoms with Crippen molar-refractivity contribution in [2.75, 3.05) is 11.5 Å². The first-order chi connectivity index (χ1) is 6.86. The molecule has 1 heterocycles. The molecule has 76 valence electrons. The molecule has 1 N–H and O–H groups in total. The minimum Gasteiger partial charge on any atom is -0.309 e. The third-order valence-electron chi connectivity index (χ3n) is 2.77. The SMILES string of the molecule is Cc1ccccc1CNC1CCSC1. The Morgan fingerprint density at radius 1 is 1.43 bits per heavy atom. The molecule has 0 bridgehead atoms. The van der Waals surface area contributed by atoms with Crippen molar-refractivity contribution < 1.29 is 0 Å². The molecule has 0 radical (unpaired) electrons. The monoisotopic (exact) mass is 207 g/mol. The average molecular weight is 207 g/mol. The maximum atomic E-state index is 3.62. The molecular weight excluding hydrogens is 190 g/mol. The van der Waals surface area contributed by atoms with Crippen molar-refractivity contribution in [3.63, 3.8) is 0 Å². The fourth-order valence-corrected chi connectivity index (χ4v) is 2.95.